The molecule has 2 aromatic carbocycles. The quantitative estimate of drug-likeness (QED) is 0.598. The summed E-state index contributed by atoms with van der Waals surface area (Å²) >= 11 is 7.51. The van der Waals surface area contributed by atoms with Gasteiger partial charge in [-0.1, -0.05) is 41.6 Å². The van der Waals surface area contributed by atoms with E-state index in [1.165, 1.54) is 6.20 Å². The van der Waals surface area contributed by atoms with E-state index in [0.29, 0.717) is 5.70 Å². The summed E-state index contributed by atoms with van der Waals surface area (Å²) in [5, 5.41) is 0.726. The summed E-state index contributed by atoms with van der Waals surface area (Å²) in [7, 11) is 0. The largest absolute Gasteiger partial charge is 0.403 e. The lowest BCUT2D eigenvalue weighted by Gasteiger charge is -2.11. The molecule has 5 heteroatoms. The fourth-order valence-electron chi connectivity index (χ4n) is 1.62. The third kappa shape index (κ3) is 3.44. The smallest absolute Gasteiger partial charge is 0.0724 e. The standard InChI is InChI=1S/C14H14ClN3S/c15-10-5-7-11(8-6-10)19-14-4-2-1-3-12(14)13(9-16)18-17/h1-9,18H,16-17H2/b13-9-. The molecule has 0 spiro atoms. The minimum atomic E-state index is 0.692. The maximum Gasteiger partial charge on any atom is 0.0724 e. The Hall–Kier alpha value is -1.62. The molecule has 0 atom stereocenters. The highest BCUT2D eigenvalue weighted by Gasteiger charge is 2.07. The van der Waals surface area contributed by atoms with Crippen LogP contribution in [0.2, 0.25) is 5.02 Å². The molecule has 0 saturated carbocycles. The van der Waals surface area contributed by atoms with Crippen LogP contribution in [0.25, 0.3) is 5.70 Å². The lowest BCUT2D eigenvalue weighted by Crippen LogP contribution is -2.21. The topological polar surface area (TPSA) is 64.1 Å². The number of hydrazine groups is 1. The van der Waals surface area contributed by atoms with Crippen LogP contribution in [0, 0.1) is 0 Å². The van der Waals surface area contributed by atoms with Crippen LogP contribution >= 0.6 is 23.4 Å². The maximum atomic E-state index is 5.88. The molecule has 3 nitrogen and oxygen atoms in total. The summed E-state index contributed by atoms with van der Waals surface area (Å²) in [6.45, 7) is 0. The van der Waals surface area contributed by atoms with Crippen LogP contribution in [0.5, 0.6) is 0 Å². The highest BCUT2D eigenvalue weighted by Crippen LogP contribution is 2.33. The van der Waals surface area contributed by atoms with Gasteiger partial charge in [0.25, 0.3) is 0 Å². The molecule has 0 aliphatic rings. The van der Waals surface area contributed by atoms with Crippen molar-refractivity contribution in [2.24, 2.45) is 11.6 Å². The molecule has 2 aromatic rings. The van der Waals surface area contributed by atoms with Gasteiger partial charge >= 0.3 is 0 Å². The summed E-state index contributed by atoms with van der Waals surface area (Å²) in [4.78, 5) is 2.17. The van der Waals surface area contributed by atoms with Crippen LogP contribution < -0.4 is 17.0 Å². The summed E-state index contributed by atoms with van der Waals surface area (Å²) in [6, 6.07) is 15.6. The molecular weight excluding hydrogens is 278 g/mol. The van der Waals surface area contributed by atoms with Crippen molar-refractivity contribution in [3.8, 4) is 0 Å². The average Bonchev–Trinajstić information content (AvgIpc) is 2.44. The van der Waals surface area contributed by atoms with Gasteiger partial charge in [0.05, 0.1) is 5.70 Å². The molecule has 0 bridgehead atoms. The van der Waals surface area contributed by atoms with Crippen LogP contribution in [0.1, 0.15) is 5.56 Å². The number of hydrogen-bond acceptors (Lipinski definition) is 4. The van der Waals surface area contributed by atoms with Gasteiger partial charge in [-0.3, -0.25) is 5.84 Å². The van der Waals surface area contributed by atoms with Crippen molar-refractivity contribution in [3.05, 3.63) is 65.3 Å². The Morgan fingerprint density at radius 1 is 1.11 bits per heavy atom. The Labute approximate surface area is 121 Å². The zero-order valence-electron chi connectivity index (χ0n) is 10.1. The summed E-state index contributed by atoms with van der Waals surface area (Å²) in [5.74, 6) is 5.47. The third-order valence-electron chi connectivity index (χ3n) is 2.54. The van der Waals surface area contributed by atoms with Crippen molar-refractivity contribution < 1.29 is 0 Å². The van der Waals surface area contributed by atoms with Crippen LogP contribution in [0.15, 0.2) is 64.5 Å². The van der Waals surface area contributed by atoms with Gasteiger partial charge in [0.2, 0.25) is 0 Å². The van der Waals surface area contributed by atoms with Gasteiger partial charge in [0.15, 0.2) is 0 Å². The highest BCUT2D eigenvalue weighted by atomic mass is 35.5. The van der Waals surface area contributed by atoms with Gasteiger partial charge in [0, 0.05) is 26.6 Å². The van der Waals surface area contributed by atoms with Gasteiger partial charge in [-0.15, -0.1) is 0 Å². The zero-order valence-corrected chi connectivity index (χ0v) is 11.7. The van der Waals surface area contributed by atoms with E-state index in [-0.39, 0.29) is 0 Å². The molecular formula is C14H14ClN3S. The Bertz CT molecular complexity index is 581. The molecule has 0 radical (unpaired) electrons. The van der Waals surface area contributed by atoms with Gasteiger partial charge < -0.3 is 11.2 Å². The van der Waals surface area contributed by atoms with Gasteiger partial charge in [-0.2, -0.15) is 0 Å². The molecule has 0 fully saturated rings. The van der Waals surface area contributed by atoms with E-state index in [1.54, 1.807) is 11.8 Å². The van der Waals surface area contributed by atoms with E-state index in [9.17, 15) is 0 Å². The Morgan fingerprint density at radius 3 is 2.42 bits per heavy atom. The Balaban J connectivity index is 2.32. The number of nitrogens with one attached hydrogen (secondary N) is 1. The lowest BCUT2D eigenvalue weighted by molar-refractivity contribution is 0.981. The minimum Gasteiger partial charge on any atom is -0.403 e. The van der Waals surface area contributed by atoms with E-state index in [4.69, 9.17) is 23.2 Å². The van der Waals surface area contributed by atoms with Crippen molar-refractivity contribution in [2.75, 3.05) is 0 Å². The first-order valence-corrected chi connectivity index (χ1v) is 6.85. The number of benzene rings is 2. The fraction of sp³-hybridized carbons (Fsp3) is 0. The van der Waals surface area contributed by atoms with Crippen LogP contribution in [-0.4, -0.2) is 0 Å². The second kappa shape index (κ2) is 6.52. The zero-order chi connectivity index (χ0) is 13.7. The third-order valence-corrected chi connectivity index (χ3v) is 3.88. The van der Waals surface area contributed by atoms with Gasteiger partial charge in [-0.25, -0.2) is 0 Å². The summed E-state index contributed by atoms with van der Waals surface area (Å²) in [5.41, 5.74) is 9.83. The summed E-state index contributed by atoms with van der Waals surface area (Å²) in [6.07, 6.45) is 1.46. The Kier molecular flexibility index (Phi) is 4.74. The Morgan fingerprint density at radius 2 is 1.79 bits per heavy atom. The van der Waals surface area contributed by atoms with E-state index in [1.807, 2.05) is 48.5 Å². The first-order valence-electron chi connectivity index (χ1n) is 5.66. The first-order chi connectivity index (χ1) is 9.24. The molecule has 19 heavy (non-hydrogen) atoms. The molecule has 0 aromatic heterocycles. The fourth-order valence-corrected chi connectivity index (χ4v) is 2.71. The molecule has 0 aliphatic heterocycles. The second-order valence-corrected chi connectivity index (χ2v) is 5.33. The van der Waals surface area contributed by atoms with Crippen molar-refractivity contribution in [1.82, 2.24) is 5.43 Å². The number of halogens is 1. The average molecular weight is 292 g/mol. The van der Waals surface area contributed by atoms with Crippen LogP contribution in [0.3, 0.4) is 0 Å². The lowest BCUT2D eigenvalue weighted by atomic mass is 10.2. The minimum absolute atomic E-state index is 0.692. The van der Waals surface area contributed by atoms with Gasteiger partial charge in [-0.05, 0) is 30.3 Å². The molecule has 0 saturated heterocycles. The highest BCUT2D eigenvalue weighted by molar-refractivity contribution is 7.99. The first kappa shape index (κ1) is 13.8. The number of hydrogen-bond donors (Lipinski definition) is 3. The monoisotopic (exact) mass is 291 g/mol. The van der Waals surface area contributed by atoms with Crippen molar-refractivity contribution in [3.63, 3.8) is 0 Å². The number of nitrogens with two attached hydrogens (primary N) is 2. The normalized spacial score (nSPS) is 11.4. The summed E-state index contributed by atoms with van der Waals surface area (Å²) < 4.78 is 0. The van der Waals surface area contributed by atoms with Crippen molar-refractivity contribution >= 4 is 29.1 Å². The van der Waals surface area contributed by atoms with E-state index >= 15 is 0 Å². The van der Waals surface area contributed by atoms with Gasteiger partial charge in [0.1, 0.15) is 0 Å². The van der Waals surface area contributed by atoms with E-state index in [0.717, 1.165) is 20.4 Å². The van der Waals surface area contributed by atoms with Crippen molar-refractivity contribution in [1.29, 1.82) is 0 Å². The predicted octanol–water partition coefficient (Wildman–Crippen LogP) is 3.21. The van der Waals surface area contributed by atoms with Crippen LogP contribution in [-0.2, 0) is 0 Å². The molecule has 0 unspecified atom stereocenters. The molecule has 5 N–H and O–H groups in total. The predicted molar refractivity (Wildman–Crippen MR) is 81.5 cm³/mol. The SMILES string of the molecule is N/C=C(\NN)c1ccccc1Sc1ccc(Cl)cc1. The van der Waals surface area contributed by atoms with Crippen LogP contribution in [0.4, 0.5) is 0 Å². The second-order valence-electron chi connectivity index (χ2n) is 3.78. The molecule has 0 amide bonds. The molecule has 0 heterocycles. The van der Waals surface area contributed by atoms with Crippen molar-refractivity contribution in [2.45, 2.75) is 9.79 Å². The maximum absolute atomic E-state index is 5.88. The van der Waals surface area contributed by atoms with E-state index in [2.05, 4.69) is 5.43 Å². The molecule has 0 aliphatic carbocycles. The van der Waals surface area contributed by atoms with E-state index < -0.39 is 0 Å². The number of rotatable bonds is 4. The molecule has 98 valence electrons. The molecule has 2 rings (SSSR count).